The molecule has 0 radical (unpaired) electrons. The summed E-state index contributed by atoms with van der Waals surface area (Å²) < 4.78 is 29.4. The Kier molecular flexibility index (Phi) is 6.27. The minimum atomic E-state index is -1.05. The number of aryl methyl sites for hydroxylation is 1. The van der Waals surface area contributed by atoms with Gasteiger partial charge in [-0.15, -0.1) is 10.2 Å². The first kappa shape index (κ1) is 21.6. The third-order valence-corrected chi connectivity index (χ3v) is 5.18. The summed E-state index contributed by atoms with van der Waals surface area (Å²) in [4.78, 5) is 24.8. The molecule has 0 aliphatic heterocycles. The first-order valence-electron chi connectivity index (χ1n) is 9.84. The standard InChI is InChI=1S/C22H18ClF2N5O2/c23-15-6-4-14(5-7-15)13-26-20(31)3-1-2-19-27-28-21-22(32)29(10-11-30(19)21)16-8-9-17(24)18(25)12-16/h4-12H,1-3,13H2,(H,26,31). The fourth-order valence-corrected chi connectivity index (χ4v) is 3.37. The van der Waals surface area contributed by atoms with Gasteiger partial charge in [0.1, 0.15) is 5.82 Å². The molecule has 4 aromatic rings. The van der Waals surface area contributed by atoms with Crippen LogP contribution in [0.3, 0.4) is 0 Å². The molecular formula is C22H18ClF2N5O2. The first-order valence-corrected chi connectivity index (χ1v) is 10.2. The van der Waals surface area contributed by atoms with E-state index in [1.165, 1.54) is 21.2 Å². The van der Waals surface area contributed by atoms with E-state index < -0.39 is 17.2 Å². The third-order valence-electron chi connectivity index (χ3n) is 4.93. The second-order valence-corrected chi connectivity index (χ2v) is 7.57. The molecule has 32 heavy (non-hydrogen) atoms. The van der Waals surface area contributed by atoms with Crippen molar-refractivity contribution in [1.29, 1.82) is 0 Å². The summed E-state index contributed by atoms with van der Waals surface area (Å²) in [6, 6.07) is 10.4. The third kappa shape index (κ3) is 4.67. The summed E-state index contributed by atoms with van der Waals surface area (Å²) >= 11 is 5.84. The molecule has 0 bridgehead atoms. The number of carbonyl (C=O) groups excluding carboxylic acids is 1. The van der Waals surface area contributed by atoms with Crippen LogP contribution in [0.5, 0.6) is 0 Å². The quantitative estimate of drug-likeness (QED) is 0.461. The van der Waals surface area contributed by atoms with Gasteiger partial charge in [0.15, 0.2) is 11.6 Å². The van der Waals surface area contributed by atoms with Gasteiger partial charge in [-0.05, 0) is 36.2 Å². The number of benzene rings is 2. The number of hydrogen-bond acceptors (Lipinski definition) is 4. The van der Waals surface area contributed by atoms with Crippen LogP contribution in [0.25, 0.3) is 11.3 Å². The van der Waals surface area contributed by atoms with E-state index in [1.54, 1.807) is 18.3 Å². The lowest BCUT2D eigenvalue weighted by molar-refractivity contribution is -0.121. The molecule has 0 unspecified atom stereocenters. The van der Waals surface area contributed by atoms with E-state index in [1.807, 2.05) is 12.1 Å². The van der Waals surface area contributed by atoms with Gasteiger partial charge in [-0.25, -0.2) is 8.78 Å². The van der Waals surface area contributed by atoms with E-state index in [9.17, 15) is 18.4 Å². The monoisotopic (exact) mass is 457 g/mol. The number of hydrogen-bond donors (Lipinski definition) is 1. The van der Waals surface area contributed by atoms with Crippen LogP contribution in [0.15, 0.2) is 59.7 Å². The highest BCUT2D eigenvalue weighted by molar-refractivity contribution is 6.30. The number of carbonyl (C=O) groups is 1. The smallest absolute Gasteiger partial charge is 0.300 e. The van der Waals surface area contributed by atoms with E-state index in [0.717, 1.165) is 17.7 Å². The molecule has 0 aliphatic rings. The van der Waals surface area contributed by atoms with Crippen LogP contribution < -0.4 is 10.9 Å². The number of rotatable bonds is 7. The highest BCUT2D eigenvalue weighted by atomic mass is 35.5. The van der Waals surface area contributed by atoms with E-state index in [2.05, 4.69) is 15.5 Å². The Balaban J connectivity index is 1.39. The van der Waals surface area contributed by atoms with Crippen LogP contribution in [0.1, 0.15) is 24.2 Å². The van der Waals surface area contributed by atoms with Gasteiger partial charge < -0.3 is 5.32 Å². The largest absolute Gasteiger partial charge is 0.352 e. The van der Waals surface area contributed by atoms with Crippen LogP contribution in [0, 0.1) is 11.6 Å². The van der Waals surface area contributed by atoms with Gasteiger partial charge in [-0.3, -0.25) is 18.6 Å². The second-order valence-electron chi connectivity index (χ2n) is 7.14. The number of halogens is 3. The van der Waals surface area contributed by atoms with Crippen LogP contribution in [0.4, 0.5) is 8.78 Å². The number of fused-ring (bicyclic) bond motifs is 1. The summed E-state index contributed by atoms with van der Waals surface area (Å²) in [5.41, 5.74) is 0.666. The molecule has 0 atom stereocenters. The van der Waals surface area contributed by atoms with Gasteiger partial charge >= 0.3 is 5.56 Å². The Morgan fingerprint density at radius 2 is 1.81 bits per heavy atom. The second kappa shape index (κ2) is 9.27. The predicted molar refractivity (Wildman–Crippen MR) is 115 cm³/mol. The zero-order valence-electron chi connectivity index (χ0n) is 16.8. The van der Waals surface area contributed by atoms with E-state index in [0.29, 0.717) is 30.2 Å². The van der Waals surface area contributed by atoms with Crippen molar-refractivity contribution in [3.63, 3.8) is 0 Å². The molecule has 2 aromatic carbocycles. The number of nitrogens with zero attached hydrogens (tertiary/aromatic N) is 4. The zero-order chi connectivity index (χ0) is 22.7. The first-order chi connectivity index (χ1) is 15.4. The summed E-state index contributed by atoms with van der Waals surface area (Å²) in [5, 5.41) is 11.4. The van der Waals surface area contributed by atoms with Gasteiger partial charge in [0.25, 0.3) is 0 Å². The van der Waals surface area contributed by atoms with Crippen molar-refractivity contribution in [2.75, 3.05) is 0 Å². The molecule has 4 rings (SSSR count). The minimum absolute atomic E-state index is 0.0550. The van der Waals surface area contributed by atoms with Crippen LogP contribution in [-0.4, -0.2) is 25.1 Å². The molecule has 1 N–H and O–H groups in total. The molecule has 7 nitrogen and oxygen atoms in total. The summed E-state index contributed by atoms with van der Waals surface area (Å²) in [6.07, 6.45) is 4.25. The van der Waals surface area contributed by atoms with Crippen molar-refractivity contribution in [2.24, 2.45) is 0 Å². The topological polar surface area (TPSA) is 81.3 Å². The van der Waals surface area contributed by atoms with Crippen molar-refractivity contribution in [2.45, 2.75) is 25.8 Å². The molecule has 0 saturated heterocycles. The highest BCUT2D eigenvalue weighted by Gasteiger charge is 2.13. The Morgan fingerprint density at radius 3 is 2.56 bits per heavy atom. The van der Waals surface area contributed by atoms with E-state index in [4.69, 9.17) is 11.6 Å². The minimum Gasteiger partial charge on any atom is -0.352 e. The van der Waals surface area contributed by atoms with Crippen molar-refractivity contribution < 1.29 is 13.6 Å². The maximum atomic E-state index is 13.5. The molecule has 0 fully saturated rings. The molecule has 0 saturated carbocycles. The van der Waals surface area contributed by atoms with Gasteiger partial charge in [-0.1, -0.05) is 23.7 Å². The maximum absolute atomic E-state index is 13.5. The number of nitrogens with one attached hydrogen (secondary N) is 1. The molecular weight excluding hydrogens is 440 g/mol. The normalized spacial score (nSPS) is 11.1. The molecule has 10 heteroatoms. The lowest BCUT2D eigenvalue weighted by Crippen LogP contribution is -2.22. The fraction of sp³-hybridized carbons (Fsp3) is 0.182. The van der Waals surface area contributed by atoms with Gasteiger partial charge in [-0.2, -0.15) is 0 Å². The highest BCUT2D eigenvalue weighted by Crippen LogP contribution is 2.13. The SMILES string of the molecule is O=C(CCCc1nnc2c(=O)n(-c3ccc(F)c(F)c3)ccn12)NCc1ccc(Cl)cc1. The Morgan fingerprint density at radius 1 is 1.03 bits per heavy atom. The number of amides is 1. The van der Waals surface area contributed by atoms with Crippen LogP contribution in [0.2, 0.25) is 5.02 Å². The Hall–Kier alpha value is -3.59. The number of aromatic nitrogens is 4. The molecule has 2 heterocycles. The van der Waals surface area contributed by atoms with Crippen molar-refractivity contribution in [3.8, 4) is 5.69 Å². The maximum Gasteiger partial charge on any atom is 0.300 e. The summed E-state index contributed by atoms with van der Waals surface area (Å²) in [5.74, 6) is -1.62. The lowest BCUT2D eigenvalue weighted by Gasteiger charge is -2.07. The Labute approximate surface area is 186 Å². The van der Waals surface area contributed by atoms with Gasteiger partial charge in [0, 0.05) is 42.9 Å². The predicted octanol–water partition coefficient (Wildman–Crippen LogP) is 3.45. The van der Waals surface area contributed by atoms with Crippen LogP contribution in [-0.2, 0) is 17.8 Å². The zero-order valence-corrected chi connectivity index (χ0v) is 17.5. The molecule has 0 aliphatic carbocycles. The molecule has 0 spiro atoms. The van der Waals surface area contributed by atoms with E-state index in [-0.39, 0.29) is 23.7 Å². The van der Waals surface area contributed by atoms with E-state index >= 15 is 0 Å². The Bertz CT molecular complexity index is 1330. The van der Waals surface area contributed by atoms with Crippen molar-refractivity contribution >= 4 is 23.2 Å². The van der Waals surface area contributed by atoms with Crippen molar-refractivity contribution in [3.05, 3.63) is 93.3 Å². The van der Waals surface area contributed by atoms with Crippen LogP contribution >= 0.6 is 11.6 Å². The molecule has 1 amide bonds. The fourth-order valence-electron chi connectivity index (χ4n) is 3.24. The molecule has 2 aromatic heterocycles. The van der Waals surface area contributed by atoms with Gasteiger partial charge in [0.2, 0.25) is 11.6 Å². The lowest BCUT2D eigenvalue weighted by atomic mass is 10.2. The summed E-state index contributed by atoms with van der Waals surface area (Å²) in [7, 11) is 0. The summed E-state index contributed by atoms with van der Waals surface area (Å²) in [6.45, 7) is 0.410. The average molecular weight is 458 g/mol. The molecule has 164 valence electrons. The average Bonchev–Trinajstić information content (AvgIpc) is 3.19. The van der Waals surface area contributed by atoms with Gasteiger partial charge in [0.05, 0.1) is 5.69 Å². The van der Waals surface area contributed by atoms with Crippen molar-refractivity contribution in [1.82, 2.24) is 24.5 Å².